The average molecular weight is 238 g/mol. The van der Waals surface area contributed by atoms with Crippen LogP contribution >= 0.6 is 0 Å². The van der Waals surface area contributed by atoms with E-state index >= 15 is 0 Å². The second-order valence-corrected chi connectivity index (χ2v) is 5.84. The lowest BCUT2D eigenvalue weighted by molar-refractivity contribution is -0.138. The number of hydrogen-bond donors (Lipinski definition) is 1. The second kappa shape index (κ2) is 4.58. The molecule has 2 bridgehead atoms. The fraction of sp³-hybridized carbons (Fsp3) is 0.923. The number of nitrogens with zero attached hydrogens (tertiary/aromatic N) is 2. The lowest BCUT2D eigenvalue weighted by Crippen LogP contribution is -2.48. The van der Waals surface area contributed by atoms with Crippen molar-refractivity contribution in [1.29, 1.82) is 0 Å². The monoisotopic (exact) mass is 238 g/mol. The fourth-order valence-electron chi connectivity index (χ4n) is 4.08. The van der Waals surface area contributed by atoms with Gasteiger partial charge in [-0.1, -0.05) is 0 Å². The number of aliphatic carboxylic acids is 1. The summed E-state index contributed by atoms with van der Waals surface area (Å²) < 4.78 is 0. The van der Waals surface area contributed by atoms with Gasteiger partial charge in [-0.3, -0.25) is 9.69 Å². The number of fused-ring (bicyclic) bond motifs is 2. The van der Waals surface area contributed by atoms with Crippen molar-refractivity contribution >= 4 is 5.97 Å². The van der Waals surface area contributed by atoms with Crippen LogP contribution in [-0.2, 0) is 4.79 Å². The summed E-state index contributed by atoms with van der Waals surface area (Å²) in [5.41, 5.74) is 0. The van der Waals surface area contributed by atoms with Gasteiger partial charge in [-0.05, 0) is 51.2 Å². The van der Waals surface area contributed by atoms with Crippen molar-refractivity contribution in [2.75, 3.05) is 26.2 Å². The van der Waals surface area contributed by atoms with E-state index in [-0.39, 0.29) is 0 Å². The number of rotatable bonds is 3. The van der Waals surface area contributed by atoms with Gasteiger partial charge in [0.15, 0.2) is 0 Å². The van der Waals surface area contributed by atoms with E-state index in [1.54, 1.807) is 0 Å². The maximum atomic E-state index is 10.9. The van der Waals surface area contributed by atoms with E-state index in [1.165, 1.54) is 38.9 Å². The van der Waals surface area contributed by atoms with Crippen LogP contribution in [0, 0.1) is 5.92 Å². The summed E-state index contributed by atoms with van der Waals surface area (Å²) in [4.78, 5) is 16.0. The molecule has 0 aromatic carbocycles. The predicted octanol–water partition coefficient (Wildman–Crippen LogP) is 1.02. The van der Waals surface area contributed by atoms with Gasteiger partial charge in [0.1, 0.15) is 0 Å². The summed E-state index contributed by atoms with van der Waals surface area (Å²) >= 11 is 0. The van der Waals surface area contributed by atoms with Crippen LogP contribution in [0.5, 0.6) is 0 Å². The summed E-state index contributed by atoms with van der Waals surface area (Å²) in [6, 6.07) is 0.977. The molecule has 96 valence electrons. The van der Waals surface area contributed by atoms with Gasteiger partial charge in [0.2, 0.25) is 0 Å². The van der Waals surface area contributed by atoms with Gasteiger partial charge in [-0.25, -0.2) is 0 Å². The van der Waals surface area contributed by atoms with Crippen molar-refractivity contribution < 1.29 is 9.90 Å². The van der Waals surface area contributed by atoms with Gasteiger partial charge in [-0.15, -0.1) is 0 Å². The molecule has 3 aliphatic heterocycles. The van der Waals surface area contributed by atoms with Gasteiger partial charge < -0.3 is 10.0 Å². The van der Waals surface area contributed by atoms with Crippen LogP contribution in [0.1, 0.15) is 32.1 Å². The highest BCUT2D eigenvalue weighted by Gasteiger charge is 2.41. The largest absolute Gasteiger partial charge is 0.481 e. The van der Waals surface area contributed by atoms with Gasteiger partial charge in [0, 0.05) is 18.6 Å². The quantitative estimate of drug-likeness (QED) is 0.797. The van der Waals surface area contributed by atoms with Crippen molar-refractivity contribution in [1.82, 2.24) is 9.80 Å². The van der Waals surface area contributed by atoms with Crippen LogP contribution in [0.4, 0.5) is 0 Å². The highest BCUT2D eigenvalue weighted by atomic mass is 16.4. The summed E-state index contributed by atoms with van der Waals surface area (Å²) in [7, 11) is 0. The second-order valence-electron chi connectivity index (χ2n) is 5.84. The van der Waals surface area contributed by atoms with Crippen molar-refractivity contribution in [3.05, 3.63) is 0 Å². The van der Waals surface area contributed by atoms with E-state index in [4.69, 9.17) is 5.11 Å². The Labute approximate surface area is 103 Å². The van der Waals surface area contributed by atoms with E-state index in [1.807, 2.05) is 0 Å². The molecule has 0 radical (unpaired) electrons. The SMILES string of the molecule is O=C(O)CC1CCCN1C1CCN2CCC1C2. The molecule has 3 aliphatic rings. The van der Waals surface area contributed by atoms with Crippen molar-refractivity contribution in [2.24, 2.45) is 5.92 Å². The van der Waals surface area contributed by atoms with Crippen LogP contribution < -0.4 is 0 Å². The smallest absolute Gasteiger partial charge is 0.304 e. The number of hydrogen-bond acceptors (Lipinski definition) is 3. The first-order chi connectivity index (χ1) is 8.24. The van der Waals surface area contributed by atoms with Crippen LogP contribution in [0.3, 0.4) is 0 Å². The Bertz CT molecular complexity index is 308. The van der Waals surface area contributed by atoms with E-state index in [0.717, 1.165) is 18.9 Å². The summed E-state index contributed by atoms with van der Waals surface area (Å²) in [5.74, 6) is 0.170. The molecule has 0 aromatic heterocycles. The first kappa shape index (κ1) is 11.5. The zero-order valence-electron chi connectivity index (χ0n) is 10.3. The molecule has 3 fully saturated rings. The Morgan fingerprint density at radius 1 is 1.18 bits per heavy atom. The Morgan fingerprint density at radius 3 is 2.82 bits per heavy atom. The Balaban J connectivity index is 1.67. The Morgan fingerprint density at radius 2 is 2.00 bits per heavy atom. The van der Waals surface area contributed by atoms with E-state index in [0.29, 0.717) is 18.5 Å². The van der Waals surface area contributed by atoms with Gasteiger partial charge in [0.25, 0.3) is 0 Å². The minimum atomic E-state index is -0.634. The Kier molecular flexibility index (Phi) is 3.09. The minimum absolute atomic E-state index is 0.310. The van der Waals surface area contributed by atoms with E-state index < -0.39 is 5.97 Å². The van der Waals surface area contributed by atoms with Crippen LogP contribution in [-0.4, -0.2) is 59.1 Å². The van der Waals surface area contributed by atoms with Crippen LogP contribution in [0.25, 0.3) is 0 Å². The maximum absolute atomic E-state index is 10.9. The average Bonchev–Trinajstić information content (AvgIpc) is 2.87. The van der Waals surface area contributed by atoms with Crippen molar-refractivity contribution in [2.45, 2.75) is 44.2 Å². The first-order valence-electron chi connectivity index (χ1n) is 6.94. The molecule has 4 atom stereocenters. The summed E-state index contributed by atoms with van der Waals surface area (Å²) in [6.07, 6.45) is 5.18. The number of carbonyl (C=O) groups is 1. The molecule has 3 saturated heterocycles. The molecule has 3 rings (SSSR count). The number of carboxylic acid groups (broad SMARTS) is 1. The lowest BCUT2D eigenvalue weighted by atomic mass is 9.92. The number of carboxylic acids is 1. The predicted molar refractivity (Wildman–Crippen MR) is 64.9 cm³/mol. The molecule has 0 amide bonds. The van der Waals surface area contributed by atoms with Gasteiger partial charge >= 0.3 is 5.97 Å². The number of likely N-dealkylation sites (tertiary alicyclic amines) is 1. The molecular weight excluding hydrogens is 216 g/mol. The minimum Gasteiger partial charge on any atom is -0.481 e. The van der Waals surface area contributed by atoms with Crippen molar-refractivity contribution in [3.8, 4) is 0 Å². The summed E-state index contributed by atoms with van der Waals surface area (Å²) in [5, 5.41) is 8.99. The third-order valence-corrected chi connectivity index (χ3v) is 4.85. The topological polar surface area (TPSA) is 43.8 Å². The highest BCUT2D eigenvalue weighted by Crippen LogP contribution is 2.35. The van der Waals surface area contributed by atoms with E-state index in [2.05, 4.69) is 9.80 Å². The molecule has 0 aliphatic carbocycles. The third-order valence-electron chi connectivity index (χ3n) is 4.85. The molecular formula is C13H22N2O2. The molecule has 3 heterocycles. The van der Waals surface area contributed by atoms with Gasteiger partial charge in [-0.2, -0.15) is 0 Å². The summed E-state index contributed by atoms with van der Waals surface area (Å²) in [6.45, 7) is 4.86. The zero-order valence-corrected chi connectivity index (χ0v) is 10.3. The van der Waals surface area contributed by atoms with E-state index in [9.17, 15) is 4.79 Å². The molecule has 0 saturated carbocycles. The van der Waals surface area contributed by atoms with Crippen LogP contribution in [0.15, 0.2) is 0 Å². The van der Waals surface area contributed by atoms with Crippen molar-refractivity contribution in [3.63, 3.8) is 0 Å². The highest BCUT2D eigenvalue weighted by molar-refractivity contribution is 5.67. The zero-order chi connectivity index (χ0) is 11.8. The maximum Gasteiger partial charge on any atom is 0.304 e. The van der Waals surface area contributed by atoms with Gasteiger partial charge in [0.05, 0.1) is 6.42 Å². The Hall–Kier alpha value is -0.610. The molecule has 0 aromatic rings. The molecule has 4 unspecified atom stereocenters. The lowest BCUT2D eigenvalue weighted by Gasteiger charge is -2.39. The fourth-order valence-corrected chi connectivity index (χ4v) is 4.08. The first-order valence-corrected chi connectivity index (χ1v) is 6.94. The molecule has 0 spiro atoms. The third kappa shape index (κ3) is 2.20. The molecule has 17 heavy (non-hydrogen) atoms. The normalized spacial score (nSPS) is 41.9. The molecule has 4 heteroatoms. The molecule has 4 nitrogen and oxygen atoms in total. The van der Waals surface area contributed by atoms with Crippen LogP contribution in [0.2, 0.25) is 0 Å². The molecule has 1 N–H and O–H groups in total. The number of piperidine rings is 1. The standard InChI is InChI=1S/C13H22N2O2/c16-13(17)8-11-2-1-5-15(11)12-4-7-14-6-3-10(12)9-14/h10-12H,1-9H2,(H,16,17).